The zero-order chi connectivity index (χ0) is 41.9. The summed E-state index contributed by atoms with van der Waals surface area (Å²) in [5.41, 5.74) is 16.4. The first-order valence-corrected chi connectivity index (χ1v) is 22.0. The minimum atomic E-state index is 1.13. The summed E-state index contributed by atoms with van der Waals surface area (Å²) in [4.78, 5) is 0. The van der Waals surface area contributed by atoms with Gasteiger partial charge >= 0.3 is 0 Å². The fourth-order valence-electron chi connectivity index (χ4n) is 10.9. The van der Waals surface area contributed by atoms with E-state index in [-0.39, 0.29) is 0 Å². The van der Waals surface area contributed by atoms with Crippen LogP contribution in [0, 0.1) is 0 Å². The van der Waals surface area contributed by atoms with Crippen LogP contribution in [0.15, 0.2) is 231 Å². The van der Waals surface area contributed by atoms with Gasteiger partial charge in [0.05, 0.1) is 55.5 Å². The average Bonchev–Trinajstić information content (AvgIpc) is 4.09. The zero-order valence-electron chi connectivity index (χ0n) is 34.7. The normalized spacial score (nSPS) is 12.1. The molecular weight excluding hydrogens is 777 g/mol. The molecule has 0 atom stereocenters. The number of fused-ring (bicyclic) bond motifs is 12. The van der Waals surface area contributed by atoms with Crippen LogP contribution in [-0.4, -0.2) is 18.3 Å². The molecule has 0 saturated carbocycles. The first-order chi connectivity index (χ1) is 31.8. The quantitative estimate of drug-likeness (QED) is 0.165. The number of benzene rings is 10. The van der Waals surface area contributed by atoms with Crippen molar-refractivity contribution in [2.24, 2.45) is 0 Å². The van der Waals surface area contributed by atoms with Crippen molar-refractivity contribution in [1.29, 1.82) is 0 Å². The van der Waals surface area contributed by atoms with E-state index >= 15 is 0 Å². The Bertz CT molecular complexity index is 4100. The molecule has 0 radical (unpaired) electrons. The molecule has 0 aliphatic carbocycles. The van der Waals surface area contributed by atoms with E-state index in [2.05, 4.69) is 249 Å². The van der Waals surface area contributed by atoms with Crippen molar-refractivity contribution in [3.8, 4) is 33.9 Å². The fourth-order valence-corrected chi connectivity index (χ4v) is 10.9. The number of para-hydroxylation sites is 8. The minimum Gasteiger partial charge on any atom is -0.309 e. The lowest BCUT2D eigenvalue weighted by atomic mass is 10.0. The topological polar surface area (TPSA) is 19.7 Å². The van der Waals surface area contributed by atoms with Gasteiger partial charge in [-0.3, -0.25) is 0 Å². The molecule has 4 aromatic heterocycles. The highest BCUT2D eigenvalue weighted by atomic mass is 15.0. The SMILES string of the molecule is c1ccc(-n2c3ccccc3c3ccccc32)c(-c2ccccc2-n2c3ccccc3c3cc(-n4c5ccccc5c5ccc(-n6c7ccccc7c7ccccc76)cc54)ccc32)c1. The molecule has 0 unspecified atom stereocenters. The third-order valence-corrected chi connectivity index (χ3v) is 13.6. The number of rotatable bonds is 5. The Morgan fingerprint density at radius 1 is 0.188 bits per heavy atom. The molecule has 0 saturated heterocycles. The zero-order valence-corrected chi connectivity index (χ0v) is 34.7. The Morgan fingerprint density at radius 3 is 0.938 bits per heavy atom. The number of aromatic nitrogens is 4. The van der Waals surface area contributed by atoms with E-state index in [0.29, 0.717) is 0 Å². The molecule has 298 valence electrons. The molecule has 10 aromatic carbocycles. The predicted octanol–water partition coefficient (Wildman–Crippen LogP) is 15.7. The molecule has 4 nitrogen and oxygen atoms in total. The lowest BCUT2D eigenvalue weighted by Gasteiger charge is -2.18. The van der Waals surface area contributed by atoms with Crippen LogP contribution in [0.1, 0.15) is 0 Å². The summed E-state index contributed by atoms with van der Waals surface area (Å²) >= 11 is 0. The molecule has 0 N–H and O–H groups in total. The Morgan fingerprint density at radius 2 is 0.484 bits per heavy atom. The summed E-state index contributed by atoms with van der Waals surface area (Å²) in [6.07, 6.45) is 0. The van der Waals surface area contributed by atoms with Crippen LogP contribution in [0.5, 0.6) is 0 Å². The molecule has 0 aliphatic heterocycles. The van der Waals surface area contributed by atoms with Crippen LogP contribution >= 0.6 is 0 Å². The monoisotopic (exact) mass is 814 g/mol. The van der Waals surface area contributed by atoms with Crippen LogP contribution < -0.4 is 0 Å². The van der Waals surface area contributed by atoms with Gasteiger partial charge in [-0.1, -0.05) is 152 Å². The molecule has 4 heterocycles. The summed E-state index contributed by atoms with van der Waals surface area (Å²) in [6.45, 7) is 0. The highest BCUT2D eigenvalue weighted by molar-refractivity contribution is 6.14. The average molecular weight is 815 g/mol. The number of nitrogens with zero attached hydrogens (tertiary/aromatic N) is 4. The summed E-state index contributed by atoms with van der Waals surface area (Å²) < 4.78 is 9.79. The summed E-state index contributed by atoms with van der Waals surface area (Å²) in [7, 11) is 0. The van der Waals surface area contributed by atoms with Crippen molar-refractivity contribution in [3.63, 3.8) is 0 Å². The van der Waals surface area contributed by atoms with E-state index in [9.17, 15) is 0 Å². The van der Waals surface area contributed by atoms with Gasteiger partial charge in [-0.2, -0.15) is 0 Å². The molecule has 0 amide bonds. The minimum absolute atomic E-state index is 1.13. The second kappa shape index (κ2) is 13.4. The Balaban J connectivity index is 0.990. The first-order valence-electron chi connectivity index (χ1n) is 22.0. The Labute approximate surface area is 368 Å². The first kappa shape index (κ1) is 35.0. The lowest BCUT2D eigenvalue weighted by Crippen LogP contribution is -2.01. The molecule has 0 fully saturated rings. The Kier molecular flexibility index (Phi) is 7.36. The number of hydrogen-bond donors (Lipinski definition) is 0. The van der Waals surface area contributed by atoms with Crippen molar-refractivity contribution in [2.75, 3.05) is 0 Å². The predicted molar refractivity (Wildman–Crippen MR) is 269 cm³/mol. The smallest absolute Gasteiger partial charge is 0.0561 e. The van der Waals surface area contributed by atoms with E-state index in [1.807, 2.05) is 0 Å². The van der Waals surface area contributed by atoms with Crippen molar-refractivity contribution < 1.29 is 0 Å². The van der Waals surface area contributed by atoms with Crippen molar-refractivity contribution in [3.05, 3.63) is 231 Å². The van der Waals surface area contributed by atoms with E-state index < -0.39 is 0 Å². The second-order valence-electron chi connectivity index (χ2n) is 16.9. The highest BCUT2D eigenvalue weighted by Gasteiger charge is 2.22. The molecule has 4 heteroatoms. The largest absolute Gasteiger partial charge is 0.309 e. The molecule has 0 spiro atoms. The van der Waals surface area contributed by atoms with Gasteiger partial charge in [0, 0.05) is 65.6 Å². The highest BCUT2D eigenvalue weighted by Crippen LogP contribution is 2.42. The summed E-state index contributed by atoms with van der Waals surface area (Å²) in [6, 6.07) is 84.5. The fraction of sp³-hybridized carbons (Fsp3) is 0. The van der Waals surface area contributed by atoms with Crippen molar-refractivity contribution in [2.45, 2.75) is 0 Å². The molecular formula is C60H38N4. The molecule has 14 rings (SSSR count). The summed E-state index contributed by atoms with van der Waals surface area (Å²) in [5.74, 6) is 0. The maximum Gasteiger partial charge on any atom is 0.0561 e. The Hall–Kier alpha value is -8.60. The molecule has 14 aromatic rings. The molecule has 64 heavy (non-hydrogen) atoms. The maximum absolute atomic E-state index is 2.47. The van der Waals surface area contributed by atoms with Gasteiger partial charge in [0.2, 0.25) is 0 Å². The van der Waals surface area contributed by atoms with Gasteiger partial charge in [0.25, 0.3) is 0 Å². The van der Waals surface area contributed by atoms with Crippen LogP contribution in [0.2, 0.25) is 0 Å². The van der Waals surface area contributed by atoms with Gasteiger partial charge in [-0.25, -0.2) is 0 Å². The van der Waals surface area contributed by atoms with Crippen LogP contribution in [0.3, 0.4) is 0 Å². The van der Waals surface area contributed by atoms with E-state index in [0.717, 1.165) is 22.7 Å². The molecule has 0 bridgehead atoms. The number of hydrogen-bond acceptors (Lipinski definition) is 0. The van der Waals surface area contributed by atoms with E-state index in [1.54, 1.807) is 0 Å². The van der Waals surface area contributed by atoms with E-state index in [1.165, 1.54) is 98.4 Å². The standard InChI is InChI=1S/C60H38N4/c1-9-25-51-41(17-1)42-18-2-10-26-52(42)61(51)40-33-35-49-47-23-3-11-27-53(47)62(60(49)38-40)39-34-36-59-50(37-39)48-24-8-16-32-58(48)64(59)57-31-15-7-22-46(57)45-21-6-14-30-56(45)63-54-28-12-4-19-43(54)44-20-5-13-29-55(44)63/h1-38H. The van der Waals surface area contributed by atoms with Crippen molar-refractivity contribution >= 4 is 87.2 Å². The van der Waals surface area contributed by atoms with Gasteiger partial charge in [0.1, 0.15) is 0 Å². The van der Waals surface area contributed by atoms with Crippen LogP contribution in [0.4, 0.5) is 0 Å². The second-order valence-corrected chi connectivity index (χ2v) is 16.9. The van der Waals surface area contributed by atoms with Gasteiger partial charge in [-0.15, -0.1) is 0 Å². The third kappa shape index (κ3) is 4.88. The van der Waals surface area contributed by atoms with Gasteiger partial charge in [-0.05, 0) is 78.9 Å². The lowest BCUT2D eigenvalue weighted by molar-refractivity contribution is 1.15. The maximum atomic E-state index is 2.47. The van der Waals surface area contributed by atoms with Crippen LogP contribution in [-0.2, 0) is 0 Å². The van der Waals surface area contributed by atoms with Crippen molar-refractivity contribution in [1.82, 2.24) is 18.3 Å². The van der Waals surface area contributed by atoms with Gasteiger partial charge in [0.15, 0.2) is 0 Å². The van der Waals surface area contributed by atoms with E-state index in [4.69, 9.17) is 0 Å². The van der Waals surface area contributed by atoms with Crippen LogP contribution in [0.25, 0.3) is 121 Å². The van der Waals surface area contributed by atoms with Gasteiger partial charge < -0.3 is 18.3 Å². The third-order valence-electron chi connectivity index (χ3n) is 13.6. The molecule has 0 aliphatic rings. The summed E-state index contributed by atoms with van der Waals surface area (Å²) in [5, 5.41) is 9.94.